The molecule has 0 aromatic carbocycles. The smallest absolute Gasteiger partial charge is 0.188 e. The standard InChI is InChI=1S/C13H13Cl2N3O/c1-3-18-10(4-8(2)17-18)6-12(19)13-11(15)5-9(14)7-16-13/h4-5,7H,3,6H2,1-2H3. The van der Waals surface area contributed by atoms with Gasteiger partial charge in [0.15, 0.2) is 5.78 Å². The molecular weight excluding hydrogens is 285 g/mol. The zero-order valence-corrected chi connectivity index (χ0v) is 12.2. The van der Waals surface area contributed by atoms with Crippen molar-refractivity contribution in [2.75, 3.05) is 0 Å². The maximum atomic E-state index is 12.2. The molecule has 0 aliphatic heterocycles. The molecule has 0 N–H and O–H groups in total. The Morgan fingerprint density at radius 1 is 1.37 bits per heavy atom. The predicted molar refractivity (Wildman–Crippen MR) is 74.9 cm³/mol. The molecule has 19 heavy (non-hydrogen) atoms. The normalized spacial score (nSPS) is 10.7. The Labute approximate surface area is 121 Å². The zero-order valence-electron chi connectivity index (χ0n) is 10.7. The summed E-state index contributed by atoms with van der Waals surface area (Å²) in [6, 6.07) is 3.41. The van der Waals surface area contributed by atoms with Crippen LogP contribution in [-0.4, -0.2) is 20.5 Å². The number of aryl methyl sites for hydroxylation is 2. The van der Waals surface area contributed by atoms with Crippen molar-refractivity contribution in [2.24, 2.45) is 0 Å². The second kappa shape index (κ2) is 5.72. The van der Waals surface area contributed by atoms with Crippen molar-refractivity contribution < 1.29 is 4.79 Å². The summed E-state index contributed by atoms with van der Waals surface area (Å²) in [5.74, 6) is -0.142. The first-order chi connectivity index (χ1) is 9.01. The number of carbonyl (C=O) groups is 1. The van der Waals surface area contributed by atoms with E-state index in [2.05, 4.69) is 10.1 Å². The lowest BCUT2D eigenvalue weighted by Gasteiger charge is -2.05. The minimum Gasteiger partial charge on any atom is -0.292 e. The van der Waals surface area contributed by atoms with Crippen LogP contribution in [-0.2, 0) is 13.0 Å². The number of pyridine rings is 1. The third-order valence-corrected chi connectivity index (χ3v) is 3.19. The molecule has 0 radical (unpaired) electrons. The minimum absolute atomic E-state index is 0.142. The third kappa shape index (κ3) is 3.14. The first-order valence-corrected chi connectivity index (χ1v) is 6.64. The Bertz CT molecular complexity index is 622. The van der Waals surface area contributed by atoms with Gasteiger partial charge in [0.2, 0.25) is 0 Å². The number of hydrogen-bond acceptors (Lipinski definition) is 3. The summed E-state index contributed by atoms with van der Waals surface area (Å²) in [4.78, 5) is 16.2. The molecule has 2 aromatic heterocycles. The number of rotatable bonds is 4. The number of aromatic nitrogens is 3. The van der Waals surface area contributed by atoms with E-state index in [0.29, 0.717) is 5.02 Å². The molecule has 2 rings (SSSR count). The van der Waals surface area contributed by atoms with Crippen LogP contribution in [0.5, 0.6) is 0 Å². The van der Waals surface area contributed by atoms with Crippen molar-refractivity contribution in [2.45, 2.75) is 26.8 Å². The van der Waals surface area contributed by atoms with E-state index >= 15 is 0 Å². The van der Waals surface area contributed by atoms with Gasteiger partial charge in [-0.1, -0.05) is 23.2 Å². The molecule has 0 spiro atoms. The van der Waals surface area contributed by atoms with Crippen LogP contribution in [0.1, 0.15) is 28.8 Å². The summed E-state index contributed by atoms with van der Waals surface area (Å²) in [5.41, 5.74) is 1.99. The van der Waals surface area contributed by atoms with E-state index in [1.165, 1.54) is 12.3 Å². The van der Waals surface area contributed by atoms with Gasteiger partial charge in [0.25, 0.3) is 0 Å². The topological polar surface area (TPSA) is 47.8 Å². The summed E-state index contributed by atoms with van der Waals surface area (Å²) in [5, 5.41) is 4.99. The average molecular weight is 298 g/mol. The Balaban J connectivity index is 2.25. The lowest BCUT2D eigenvalue weighted by Crippen LogP contribution is -2.11. The summed E-state index contributed by atoms with van der Waals surface area (Å²) >= 11 is 11.7. The number of halogens is 2. The van der Waals surface area contributed by atoms with Crippen molar-refractivity contribution in [3.8, 4) is 0 Å². The van der Waals surface area contributed by atoms with E-state index in [4.69, 9.17) is 23.2 Å². The Morgan fingerprint density at radius 3 is 2.74 bits per heavy atom. The van der Waals surface area contributed by atoms with Gasteiger partial charge in [-0.25, -0.2) is 4.98 Å². The molecule has 0 fully saturated rings. The van der Waals surface area contributed by atoms with Crippen molar-refractivity contribution in [1.29, 1.82) is 0 Å². The lowest BCUT2D eigenvalue weighted by atomic mass is 10.1. The van der Waals surface area contributed by atoms with Crippen molar-refractivity contribution in [3.05, 3.63) is 45.5 Å². The van der Waals surface area contributed by atoms with Gasteiger partial charge in [-0.15, -0.1) is 0 Å². The van der Waals surface area contributed by atoms with E-state index in [-0.39, 0.29) is 22.9 Å². The van der Waals surface area contributed by atoms with Crippen LogP contribution < -0.4 is 0 Å². The number of carbonyl (C=O) groups excluding carboxylic acids is 1. The highest BCUT2D eigenvalue weighted by molar-refractivity contribution is 6.36. The Morgan fingerprint density at radius 2 is 2.11 bits per heavy atom. The third-order valence-electron chi connectivity index (χ3n) is 2.70. The monoisotopic (exact) mass is 297 g/mol. The number of ketones is 1. The molecular formula is C13H13Cl2N3O. The SMILES string of the molecule is CCn1nc(C)cc1CC(=O)c1ncc(Cl)cc1Cl. The largest absolute Gasteiger partial charge is 0.292 e. The molecule has 4 nitrogen and oxygen atoms in total. The van der Waals surface area contributed by atoms with E-state index in [1.54, 1.807) is 4.68 Å². The van der Waals surface area contributed by atoms with Gasteiger partial charge in [-0.2, -0.15) is 5.10 Å². The second-order valence-electron chi connectivity index (χ2n) is 4.18. The summed E-state index contributed by atoms with van der Waals surface area (Å²) in [6.45, 7) is 4.60. The molecule has 0 unspecified atom stereocenters. The van der Waals surface area contributed by atoms with Gasteiger partial charge in [0.1, 0.15) is 5.69 Å². The fourth-order valence-electron chi connectivity index (χ4n) is 1.88. The molecule has 0 bridgehead atoms. The molecule has 2 heterocycles. The Hall–Kier alpha value is -1.39. The van der Waals surface area contributed by atoms with Gasteiger partial charge in [-0.3, -0.25) is 9.48 Å². The predicted octanol–water partition coefficient (Wildman–Crippen LogP) is 3.34. The molecule has 0 aliphatic rings. The lowest BCUT2D eigenvalue weighted by molar-refractivity contribution is 0.0986. The van der Waals surface area contributed by atoms with Crippen LogP contribution in [0.3, 0.4) is 0 Å². The number of nitrogens with zero attached hydrogens (tertiary/aromatic N) is 3. The van der Waals surface area contributed by atoms with Crippen LogP contribution in [0.15, 0.2) is 18.3 Å². The van der Waals surface area contributed by atoms with Crippen molar-refractivity contribution in [3.63, 3.8) is 0 Å². The van der Waals surface area contributed by atoms with Crippen LogP contribution in [0.25, 0.3) is 0 Å². The summed E-state index contributed by atoms with van der Waals surface area (Å²) < 4.78 is 1.80. The fourth-order valence-corrected chi connectivity index (χ4v) is 2.37. The van der Waals surface area contributed by atoms with Crippen LogP contribution in [0.2, 0.25) is 10.0 Å². The maximum Gasteiger partial charge on any atom is 0.188 e. The van der Waals surface area contributed by atoms with Gasteiger partial charge >= 0.3 is 0 Å². The van der Waals surface area contributed by atoms with E-state index in [1.807, 2.05) is 19.9 Å². The van der Waals surface area contributed by atoms with E-state index < -0.39 is 0 Å². The minimum atomic E-state index is -0.142. The second-order valence-corrected chi connectivity index (χ2v) is 5.02. The molecule has 100 valence electrons. The summed E-state index contributed by atoms with van der Waals surface area (Å²) in [7, 11) is 0. The molecule has 0 saturated heterocycles. The van der Waals surface area contributed by atoms with E-state index in [9.17, 15) is 4.79 Å². The molecule has 0 atom stereocenters. The van der Waals surface area contributed by atoms with Crippen LogP contribution in [0, 0.1) is 6.92 Å². The van der Waals surface area contributed by atoms with Gasteiger partial charge in [0, 0.05) is 18.4 Å². The van der Waals surface area contributed by atoms with Crippen LogP contribution >= 0.6 is 23.2 Å². The van der Waals surface area contributed by atoms with Gasteiger partial charge in [0.05, 0.1) is 22.2 Å². The Kier molecular flexibility index (Phi) is 4.22. The summed E-state index contributed by atoms with van der Waals surface area (Å²) in [6.07, 6.45) is 1.64. The average Bonchev–Trinajstić information content (AvgIpc) is 2.69. The highest BCUT2D eigenvalue weighted by atomic mass is 35.5. The van der Waals surface area contributed by atoms with Gasteiger partial charge < -0.3 is 0 Å². The van der Waals surface area contributed by atoms with Gasteiger partial charge in [-0.05, 0) is 26.0 Å². The van der Waals surface area contributed by atoms with E-state index in [0.717, 1.165) is 17.9 Å². The quantitative estimate of drug-likeness (QED) is 0.813. The fraction of sp³-hybridized carbons (Fsp3) is 0.308. The first-order valence-electron chi connectivity index (χ1n) is 5.88. The van der Waals surface area contributed by atoms with Crippen LogP contribution in [0.4, 0.5) is 0 Å². The first kappa shape index (κ1) is 14.0. The molecule has 6 heteroatoms. The number of hydrogen-bond donors (Lipinski definition) is 0. The molecule has 0 aliphatic carbocycles. The van der Waals surface area contributed by atoms with Crippen molar-refractivity contribution >= 4 is 29.0 Å². The zero-order chi connectivity index (χ0) is 14.0. The van der Waals surface area contributed by atoms with Crippen molar-refractivity contribution in [1.82, 2.24) is 14.8 Å². The number of Topliss-reactive ketones (excluding diaryl/α,β-unsaturated/α-hetero) is 1. The highest BCUT2D eigenvalue weighted by Gasteiger charge is 2.16. The maximum absolute atomic E-state index is 12.2. The highest BCUT2D eigenvalue weighted by Crippen LogP contribution is 2.20. The molecule has 0 amide bonds. The molecule has 2 aromatic rings. The molecule has 0 saturated carbocycles.